The molecule has 1 aliphatic heterocycles. The highest BCUT2D eigenvalue weighted by Crippen LogP contribution is 2.34. The van der Waals surface area contributed by atoms with Gasteiger partial charge in [-0.15, -0.1) is 0 Å². The van der Waals surface area contributed by atoms with Crippen LogP contribution in [0, 0.1) is 6.92 Å². The minimum atomic E-state index is -4.50. The van der Waals surface area contributed by atoms with Crippen molar-refractivity contribution in [1.82, 2.24) is 14.9 Å². The summed E-state index contributed by atoms with van der Waals surface area (Å²) in [6.07, 6.45) is -0.645. The Balaban J connectivity index is 1.45. The molecular weight excluding hydrogens is 491 g/mol. The summed E-state index contributed by atoms with van der Waals surface area (Å²) < 4.78 is 40.4. The lowest BCUT2D eigenvalue weighted by molar-refractivity contribution is -0.137. The number of aryl methyl sites for hydroxylation is 1. The predicted octanol–water partition coefficient (Wildman–Crippen LogP) is 6.51. The number of alkyl halides is 3. The molecule has 0 aliphatic carbocycles. The molecule has 38 heavy (non-hydrogen) atoms. The number of benzene rings is 3. The van der Waals surface area contributed by atoms with E-state index in [4.69, 9.17) is 0 Å². The Morgan fingerprint density at radius 3 is 2.55 bits per heavy atom. The van der Waals surface area contributed by atoms with Crippen LogP contribution in [0.5, 0.6) is 0 Å². The molecule has 9 heteroatoms. The SMILES string of the molecule is CNc1ncc2cc(-c3cc(C(=O)Nc4cc(C(F)(F)F)ccc4CN4CCCC4)ccc3C)ccc2n1. The van der Waals surface area contributed by atoms with Crippen molar-refractivity contribution in [1.29, 1.82) is 0 Å². The average Bonchev–Trinajstić information content (AvgIpc) is 3.42. The number of anilines is 2. The van der Waals surface area contributed by atoms with Crippen molar-refractivity contribution in [3.05, 3.63) is 83.0 Å². The number of likely N-dealkylation sites (tertiary alicyclic amines) is 1. The van der Waals surface area contributed by atoms with Gasteiger partial charge in [0.2, 0.25) is 5.95 Å². The molecule has 5 rings (SSSR count). The zero-order chi connectivity index (χ0) is 26.9. The van der Waals surface area contributed by atoms with Gasteiger partial charge in [-0.05, 0) is 91.5 Å². The van der Waals surface area contributed by atoms with Crippen molar-refractivity contribution in [2.45, 2.75) is 32.5 Å². The number of aromatic nitrogens is 2. The van der Waals surface area contributed by atoms with Crippen LogP contribution in [0.3, 0.4) is 0 Å². The molecule has 0 saturated carbocycles. The fraction of sp³-hybridized carbons (Fsp3) is 0.276. The summed E-state index contributed by atoms with van der Waals surface area (Å²) in [4.78, 5) is 24.2. The Kier molecular flexibility index (Phi) is 7.03. The number of rotatable bonds is 6. The highest BCUT2D eigenvalue weighted by molar-refractivity contribution is 6.05. The van der Waals surface area contributed by atoms with E-state index in [1.807, 2.05) is 31.2 Å². The Bertz CT molecular complexity index is 1500. The molecule has 0 radical (unpaired) electrons. The molecule has 1 amide bonds. The molecule has 1 fully saturated rings. The molecule has 0 unspecified atom stereocenters. The molecule has 0 bridgehead atoms. The third-order valence-electron chi connectivity index (χ3n) is 6.89. The van der Waals surface area contributed by atoms with Gasteiger partial charge in [-0.1, -0.05) is 18.2 Å². The smallest absolute Gasteiger partial charge is 0.357 e. The lowest BCUT2D eigenvalue weighted by Crippen LogP contribution is -2.21. The van der Waals surface area contributed by atoms with Gasteiger partial charge in [0.1, 0.15) is 0 Å². The summed E-state index contributed by atoms with van der Waals surface area (Å²) in [5.74, 6) is 0.0647. The van der Waals surface area contributed by atoms with E-state index >= 15 is 0 Å². The summed E-state index contributed by atoms with van der Waals surface area (Å²) in [6.45, 7) is 4.22. The first kappa shape index (κ1) is 25.7. The molecular formula is C29H28F3N5O. The van der Waals surface area contributed by atoms with Crippen molar-refractivity contribution >= 4 is 28.4 Å². The standard InChI is InChI=1S/C29H28F3N5O/c1-18-5-6-20(14-24(18)19-8-10-25-22(13-19)16-34-28(33-2)36-25)27(38)35-26-15-23(29(30,31)32)9-7-21(26)17-37-11-3-4-12-37/h5-10,13-16H,3-4,11-12,17H2,1-2H3,(H,35,38)(H,33,34,36). The van der Waals surface area contributed by atoms with Crippen molar-refractivity contribution in [3.8, 4) is 11.1 Å². The minimum absolute atomic E-state index is 0.182. The van der Waals surface area contributed by atoms with Crippen molar-refractivity contribution in [2.75, 3.05) is 30.8 Å². The zero-order valence-electron chi connectivity index (χ0n) is 21.2. The van der Waals surface area contributed by atoms with Crippen LogP contribution in [0.2, 0.25) is 0 Å². The van der Waals surface area contributed by atoms with Crippen molar-refractivity contribution in [3.63, 3.8) is 0 Å². The van der Waals surface area contributed by atoms with Crippen molar-refractivity contribution < 1.29 is 18.0 Å². The Morgan fingerprint density at radius 1 is 1.03 bits per heavy atom. The predicted molar refractivity (Wildman–Crippen MR) is 143 cm³/mol. The monoisotopic (exact) mass is 519 g/mol. The van der Waals surface area contributed by atoms with Crippen molar-refractivity contribution in [2.24, 2.45) is 0 Å². The van der Waals surface area contributed by atoms with Crippen LogP contribution in [0.15, 0.2) is 60.8 Å². The molecule has 3 aromatic carbocycles. The van der Waals surface area contributed by atoms with Gasteiger partial charge in [0.15, 0.2) is 0 Å². The molecule has 4 aromatic rings. The maximum Gasteiger partial charge on any atom is 0.416 e. The van der Waals surface area contributed by atoms with Gasteiger partial charge in [0.25, 0.3) is 5.91 Å². The first-order valence-corrected chi connectivity index (χ1v) is 12.5. The lowest BCUT2D eigenvalue weighted by atomic mass is 9.96. The van der Waals surface area contributed by atoms with E-state index in [1.54, 1.807) is 25.4 Å². The molecule has 2 N–H and O–H groups in total. The van der Waals surface area contributed by atoms with Crippen LogP contribution >= 0.6 is 0 Å². The zero-order valence-corrected chi connectivity index (χ0v) is 21.2. The second-order valence-corrected chi connectivity index (χ2v) is 9.55. The van der Waals surface area contributed by atoms with Crippen LogP contribution in [-0.4, -0.2) is 40.9 Å². The fourth-order valence-electron chi connectivity index (χ4n) is 4.78. The van der Waals surface area contributed by atoms with Gasteiger partial charge in [-0.2, -0.15) is 13.2 Å². The van der Waals surface area contributed by atoms with Crippen LogP contribution in [0.4, 0.5) is 24.8 Å². The number of amides is 1. The van der Waals surface area contributed by atoms with Gasteiger partial charge < -0.3 is 10.6 Å². The first-order valence-electron chi connectivity index (χ1n) is 12.5. The Morgan fingerprint density at radius 2 is 1.82 bits per heavy atom. The van der Waals surface area contributed by atoms with Crippen LogP contribution in [-0.2, 0) is 12.7 Å². The van der Waals surface area contributed by atoms with E-state index in [0.29, 0.717) is 23.6 Å². The molecule has 196 valence electrons. The molecule has 1 saturated heterocycles. The summed E-state index contributed by atoms with van der Waals surface area (Å²) in [5, 5.41) is 6.53. The number of carbonyl (C=O) groups is 1. The third-order valence-corrected chi connectivity index (χ3v) is 6.89. The van der Waals surface area contributed by atoms with Gasteiger partial charge in [-0.25, -0.2) is 9.97 Å². The number of fused-ring (bicyclic) bond motifs is 1. The first-order chi connectivity index (χ1) is 18.2. The number of hydrogen-bond acceptors (Lipinski definition) is 5. The summed E-state index contributed by atoms with van der Waals surface area (Å²) >= 11 is 0. The molecule has 1 aliphatic rings. The average molecular weight is 520 g/mol. The number of nitrogens with zero attached hydrogens (tertiary/aromatic N) is 3. The van der Waals surface area contributed by atoms with Crippen LogP contribution < -0.4 is 10.6 Å². The van der Waals surface area contributed by atoms with Gasteiger partial charge in [-0.3, -0.25) is 9.69 Å². The minimum Gasteiger partial charge on any atom is -0.357 e. The number of nitrogens with one attached hydrogen (secondary N) is 2. The maximum atomic E-state index is 13.5. The highest BCUT2D eigenvalue weighted by Gasteiger charge is 2.31. The molecule has 6 nitrogen and oxygen atoms in total. The summed E-state index contributed by atoms with van der Waals surface area (Å²) in [6, 6.07) is 14.6. The van der Waals surface area contributed by atoms with Gasteiger partial charge in [0, 0.05) is 36.4 Å². The molecule has 1 aromatic heterocycles. The van der Waals surface area contributed by atoms with Crippen LogP contribution in [0.1, 0.15) is 39.9 Å². The topological polar surface area (TPSA) is 70.2 Å². The highest BCUT2D eigenvalue weighted by atomic mass is 19.4. The quantitative estimate of drug-likeness (QED) is 0.304. The third kappa shape index (κ3) is 5.47. The van der Waals surface area contributed by atoms with Gasteiger partial charge in [0.05, 0.1) is 11.1 Å². The van der Waals surface area contributed by atoms with E-state index in [0.717, 1.165) is 65.7 Å². The second kappa shape index (κ2) is 10.4. The van der Waals surface area contributed by atoms with E-state index < -0.39 is 17.6 Å². The van der Waals surface area contributed by atoms with E-state index in [9.17, 15) is 18.0 Å². The Labute approximate surface area is 218 Å². The number of hydrogen-bond donors (Lipinski definition) is 2. The van der Waals surface area contributed by atoms with Gasteiger partial charge >= 0.3 is 6.18 Å². The summed E-state index contributed by atoms with van der Waals surface area (Å²) in [7, 11) is 1.75. The van der Waals surface area contributed by atoms with E-state index in [-0.39, 0.29) is 5.69 Å². The van der Waals surface area contributed by atoms with E-state index in [1.165, 1.54) is 6.07 Å². The largest absolute Gasteiger partial charge is 0.416 e. The Hall–Kier alpha value is -3.98. The molecule has 0 atom stereocenters. The maximum absolute atomic E-state index is 13.5. The summed E-state index contributed by atoms with van der Waals surface area (Å²) in [5.41, 5.74) is 3.90. The number of halogens is 3. The van der Waals surface area contributed by atoms with Crippen LogP contribution in [0.25, 0.3) is 22.0 Å². The van der Waals surface area contributed by atoms with E-state index in [2.05, 4.69) is 25.5 Å². The fourth-order valence-corrected chi connectivity index (χ4v) is 4.78. The lowest BCUT2D eigenvalue weighted by Gasteiger charge is -2.19. The molecule has 2 heterocycles. The normalized spacial score (nSPS) is 14.1. The number of carbonyl (C=O) groups excluding carboxylic acids is 1. The second-order valence-electron chi connectivity index (χ2n) is 9.55. The molecule has 0 spiro atoms.